The first-order valence-corrected chi connectivity index (χ1v) is 20.0. The number of aromatic nitrogens is 4. The Hall–Kier alpha value is -5.08. The molecule has 2 aromatic heterocycles. The average Bonchev–Trinajstić information content (AvgIpc) is 4.04. The molecule has 4 aromatic carbocycles. The smallest absolute Gasteiger partial charge is 0.151 e. The topological polar surface area (TPSA) is 87.9 Å². The van der Waals surface area contributed by atoms with Crippen molar-refractivity contribution in [2.75, 3.05) is 36.0 Å². The van der Waals surface area contributed by atoms with Gasteiger partial charge in [0.25, 0.3) is 0 Å². The van der Waals surface area contributed by atoms with Gasteiger partial charge in [-0.25, -0.2) is 36.3 Å². The summed E-state index contributed by atoms with van der Waals surface area (Å²) in [5, 5.41) is 6.83. The normalized spacial score (nSPS) is 23.2. The highest BCUT2D eigenvalue weighted by Crippen LogP contribution is 2.50. The van der Waals surface area contributed by atoms with Crippen molar-refractivity contribution in [2.24, 2.45) is 0 Å². The molecule has 57 heavy (non-hydrogen) atoms. The van der Waals surface area contributed by atoms with Gasteiger partial charge in [0.2, 0.25) is 0 Å². The van der Waals surface area contributed by atoms with Crippen molar-refractivity contribution in [3.8, 4) is 0 Å². The van der Waals surface area contributed by atoms with E-state index in [2.05, 4.69) is 30.6 Å². The Morgan fingerprint density at radius 1 is 0.544 bits per heavy atom. The molecule has 296 valence electrons. The van der Waals surface area contributed by atoms with Gasteiger partial charge in [-0.2, -0.15) is 0 Å². The van der Waals surface area contributed by atoms with Crippen LogP contribution in [0.1, 0.15) is 110 Å². The summed E-state index contributed by atoms with van der Waals surface area (Å²) < 4.78 is 93.6. The van der Waals surface area contributed by atoms with E-state index in [1.807, 2.05) is 0 Å². The maximum atomic E-state index is 16.4. The molecule has 6 heterocycles. The molecule has 4 aliphatic heterocycles. The Kier molecular flexibility index (Phi) is 9.15. The van der Waals surface area contributed by atoms with Gasteiger partial charge < -0.3 is 30.4 Å². The summed E-state index contributed by atoms with van der Waals surface area (Å²) in [6.07, 6.45) is 5.45. The zero-order valence-electron chi connectivity index (χ0n) is 31.1. The molecule has 4 fully saturated rings. The summed E-state index contributed by atoms with van der Waals surface area (Å²) in [7, 11) is 0. The van der Waals surface area contributed by atoms with Gasteiger partial charge >= 0.3 is 0 Å². The van der Waals surface area contributed by atoms with Gasteiger partial charge in [-0.1, -0.05) is 6.07 Å². The molecule has 4 saturated heterocycles. The molecule has 14 heteroatoms. The highest BCUT2D eigenvalue weighted by atomic mass is 19.2. The van der Waals surface area contributed by atoms with Crippen LogP contribution in [0.4, 0.5) is 37.7 Å². The van der Waals surface area contributed by atoms with Gasteiger partial charge in [0.1, 0.15) is 40.6 Å². The Balaban J connectivity index is 1.01. The van der Waals surface area contributed by atoms with Crippen LogP contribution in [0.5, 0.6) is 0 Å². The van der Waals surface area contributed by atoms with Crippen LogP contribution < -0.4 is 20.4 Å². The Labute approximate surface area is 325 Å². The van der Waals surface area contributed by atoms with E-state index in [0.29, 0.717) is 64.4 Å². The number of rotatable bonds is 7. The summed E-state index contributed by atoms with van der Waals surface area (Å²) >= 11 is 0. The van der Waals surface area contributed by atoms with Crippen molar-refractivity contribution in [3.63, 3.8) is 0 Å². The summed E-state index contributed by atoms with van der Waals surface area (Å²) in [5.41, 5.74) is 3.23. The fraction of sp³-hybridized carbons (Fsp3) is 0.395. The maximum absolute atomic E-state index is 16.4. The van der Waals surface area contributed by atoms with E-state index in [-0.39, 0.29) is 42.5 Å². The molecule has 0 unspecified atom stereocenters. The van der Waals surface area contributed by atoms with Crippen LogP contribution in [0.3, 0.4) is 0 Å². The second kappa shape index (κ2) is 14.4. The first-order chi connectivity index (χ1) is 27.7. The third-order valence-corrected chi connectivity index (χ3v) is 12.6. The molecule has 4 N–H and O–H groups in total. The SMILES string of the molecule is Fc1ccc(C2CCN(c3c(F)cc(N4[C@@H](c5cc6[nH]c([C@@H]7CCCN7)nc6cc5F)CC[C@@H]4c4cc5[nH]c([C@@H]6CCCN6)nc5cc4F)cc3F)CC2)c(F)c1. The minimum absolute atomic E-state index is 0.0425. The van der Waals surface area contributed by atoms with Crippen LogP contribution in [-0.2, 0) is 0 Å². The number of fused-ring (bicyclic) bond motifs is 2. The molecule has 0 radical (unpaired) electrons. The van der Waals surface area contributed by atoms with Crippen LogP contribution in [0.25, 0.3) is 22.1 Å². The standard InChI is InChI=1S/C43H42F6N8/c44-23-5-6-25(28(45)15-23)22-9-13-56(14-10-22)41-31(48)16-24(17-32(41)49)57-39(26-18-35-37(20-29(26)46)54-42(52-35)33-3-1-11-50-33)7-8-40(57)27-19-36-38(21-30(27)47)55-43(53-36)34-4-2-12-51-34/h5-6,15-22,33-34,39-40,50-51H,1-4,7-14H2,(H,52,54)(H,53,55)/t33-,34-,39+,40+/m0/s1. The number of hydrogen-bond acceptors (Lipinski definition) is 6. The maximum Gasteiger partial charge on any atom is 0.151 e. The minimum Gasteiger partial charge on any atom is -0.367 e. The molecule has 0 aliphatic carbocycles. The lowest BCUT2D eigenvalue weighted by atomic mass is 9.89. The summed E-state index contributed by atoms with van der Waals surface area (Å²) in [5.74, 6) is -2.69. The number of halogens is 6. The van der Waals surface area contributed by atoms with Gasteiger partial charge in [0.05, 0.1) is 46.2 Å². The number of imidazole rings is 2. The van der Waals surface area contributed by atoms with E-state index >= 15 is 17.6 Å². The molecule has 8 nitrogen and oxygen atoms in total. The lowest BCUT2D eigenvalue weighted by molar-refractivity contribution is 0.466. The lowest BCUT2D eigenvalue weighted by Crippen LogP contribution is -2.34. The Morgan fingerprint density at radius 2 is 1.07 bits per heavy atom. The Bertz CT molecular complexity index is 2350. The number of piperidine rings is 1. The second-order valence-corrected chi connectivity index (χ2v) is 16.0. The predicted molar refractivity (Wildman–Crippen MR) is 206 cm³/mol. The fourth-order valence-corrected chi connectivity index (χ4v) is 9.84. The quantitative estimate of drug-likeness (QED) is 0.121. The summed E-state index contributed by atoms with van der Waals surface area (Å²) in [6.45, 7) is 2.26. The zero-order chi connectivity index (χ0) is 38.9. The number of aromatic amines is 2. The van der Waals surface area contributed by atoms with Crippen molar-refractivity contribution in [1.82, 2.24) is 30.6 Å². The van der Waals surface area contributed by atoms with Gasteiger partial charge in [-0.3, -0.25) is 0 Å². The van der Waals surface area contributed by atoms with Crippen molar-refractivity contribution in [3.05, 3.63) is 118 Å². The molecule has 0 saturated carbocycles. The molecule has 4 atom stereocenters. The number of nitrogens with one attached hydrogen (secondary N) is 4. The van der Waals surface area contributed by atoms with Crippen molar-refractivity contribution in [2.45, 2.75) is 81.5 Å². The average molecular weight is 785 g/mol. The van der Waals surface area contributed by atoms with E-state index in [1.54, 1.807) is 21.9 Å². The molecule has 0 spiro atoms. The molecular formula is C43H42F6N8. The monoisotopic (exact) mass is 784 g/mol. The van der Waals surface area contributed by atoms with E-state index in [9.17, 15) is 8.78 Å². The number of benzene rings is 4. The number of nitrogens with zero attached hydrogens (tertiary/aromatic N) is 4. The third kappa shape index (κ3) is 6.50. The first-order valence-electron chi connectivity index (χ1n) is 20.0. The molecule has 6 aromatic rings. The highest BCUT2D eigenvalue weighted by Gasteiger charge is 2.40. The van der Waals surface area contributed by atoms with Gasteiger partial charge in [0, 0.05) is 48.1 Å². The van der Waals surface area contributed by atoms with Crippen LogP contribution in [-0.4, -0.2) is 46.1 Å². The number of hydrogen-bond donors (Lipinski definition) is 4. The minimum atomic E-state index is -0.808. The van der Waals surface area contributed by atoms with Gasteiger partial charge in [-0.05, 0) is 106 Å². The molecule has 10 rings (SSSR count). The highest BCUT2D eigenvalue weighted by molar-refractivity contribution is 5.78. The lowest BCUT2D eigenvalue weighted by Gasteiger charge is -2.36. The van der Waals surface area contributed by atoms with Gasteiger partial charge in [0.15, 0.2) is 11.6 Å². The number of anilines is 2. The van der Waals surface area contributed by atoms with E-state index in [0.717, 1.165) is 56.5 Å². The largest absolute Gasteiger partial charge is 0.367 e. The van der Waals surface area contributed by atoms with Crippen molar-refractivity contribution < 1.29 is 26.3 Å². The van der Waals surface area contributed by atoms with Crippen LogP contribution in [0.2, 0.25) is 0 Å². The third-order valence-electron chi connectivity index (χ3n) is 12.6. The fourth-order valence-electron chi connectivity index (χ4n) is 9.84. The predicted octanol–water partition coefficient (Wildman–Crippen LogP) is 9.59. The number of H-pyrrole nitrogens is 2. The van der Waals surface area contributed by atoms with Crippen molar-refractivity contribution >= 4 is 33.4 Å². The van der Waals surface area contributed by atoms with Crippen LogP contribution >= 0.6 is 0 Å². The zero-order valence-corrected chi connectivity index (χ0v) is 31.1. The second-order valence-electron chi connectivity index (χ2n) is 16.0. The van der Waals surface area contributed by atoms with Crippen LogP contribution in [0.15, 0.2) is 54.6 Å². The first kappa shape index (κ1) is 36.3. The molecular weight excluding hydrogens is 743 g/mol. The van der Waals surface area contributed by atoms with E-state index in [4.69, 9.17) is 0 Å². The van der Waals surface area contributed by atoms with E-state index < -0.39 is 47.0 Å². The molecule has 0 amide bonds. The Morgan fingerprint density at radius 3 is 1.56 bits per heavy atom. The summed E-state index contributed by atoms with van der Waals surface area (Å²) in [4.78, 5) is 19.4. The molecule has 4 aliphatic rings. The van der Waals surface area contributed by atoms with E-state index in [1.165, 1.54) is 36.4 Å². The van der Waals surface area contributed by atoms with Crippen LogP contribution in [0, 0.1) is 34.9 Å². The van der Waals surface area contributed by atoms with Crippen molar-refractivity contribution in [1.29, 1.82) is 0 Å². The van der Waals surface area contributed by atoms with Gasteiger partial charge in [-0.15, -0.1) is 0 Å². The summed E-state index contributed by atoms with van der Waals surface area (Å²) in [6, 6.07) is 10.9. The molecule has 0 bridgehead atoms.